The molecule has 1 unspecified atom stereocenters. The Morgan fingerprint density at radius 2 is 1.96 bits per heavy atom. The third-order valence-electron chi connectivity index (χ3n) is 7.78. The number of carbonyl (C=O) groups excluding carboxylic acids is 1. The predicted molar refractivity (Wildman–Crippen MR) is 168 cm³/mol. The summed E-state index contributed by atoms with van der Waals surface area (Å²) in [6.07, 6.45) is 5.61. The minimum Gasteiger partial charge on any atom is -0.493 e. The number of benzene rings is 3. The molecule has 5 aromatic rings. The fourth-order valence-corrected chi connectivity index (χ4v) is 6.25. The van der Waals surface area contributed by atoms with Crippen LogP contribution < -0.4 is 15.2 Å². The number of hydrogen-bond donors (Lipinski definition) is 3. The summed E-state index contributed by atoms with van der Waals surface area (Å²) in [4.78, 5) is 23.1. The van der Waals surface area contributed by atoms with Crippen LogP contribution in [0.1, 0.15) is 37.1 Å². The smallest absolute Gasteiger partial charge is 0.310 e. The molecule has 0 radical (unpaired) electrons. The summed E-state index contributed by atoms with van der Waals surface area (Å²) >= 11 is 1.21. The van der Waals surface area contributed by atoms with Gasteiger partial charge in [0.25, 0.3) is 0 Å². The van der Waals surface area contributed by atoms with Crippen molar-refractivity contribution in [2.45, 2.75) is 37.0 Å². The average Bonchev–Trinajstić information content (AvgIpc) is 3.74. The number of nitrogens with one attached hydrogen (secondary N) is 2. The number of halogens is 3. The van der Waals surface area contributed by atoms with Gasteiger partial charge in [0.15, 0.2) is 11.6 Å². The molecule has 2 aromatic heterocycles. The SMILES string of the molecule is CCOC(=O)Cc1cccc2c1OCCC2(C)c1cnc(-c2cc(Oc3c(F)c(F)c4[nH]ccc4c3SC)ccc2F)[nH]1.CN. The predicted octanol–water partition coefficient (Wildman–Crippen LogP) is 7.26. The lowest BCUT2D eigenvalue weighted by molar-refractivity contribution is -0.142. The largest absolute Gasteiger partial charge is 0.493 e. The molecule has 0 saturated carbocycles. The monoisotopic (exact) mass is 638 g/mol. The maximum absolute atomic E-state index is 15.2. The van der Waals surface area contributed by atoms with Crippen LogP contribution >= 0.6 is 11.8 Å². The molecule has 3 heterocycles. The summed E-state index contributed by atoms with van der Waals surface area (Å²) in [5, 5.41) is 0.481. The van der Waals surface area contributed by atoms with Gasteiger partial charge < -0.3 is 29.9 Å². The Bertz CT molecular complexity index is 1860. The van der Waals surface area contributed by atoms with Gasteiger partial charge in [0.2, 0.25) is 5.82 Å². The van der Waals surface area contributed by atoms with E-state index in [1.807, 2.05) is 25.1 Å². The first-order valence-electron chi connectivity index (χ1n) is 14.3. The number of hydrogen-bond acceptors (Lipinski definition) is 7. The van der Waals surface area contributed by atoms with Crippen molar-refractivity contribution in [2.75, 3.05) is 26.5 Å². The molecule has 0 amide bonds. The number of nitrogens with two attached hydrogens (primary N) is 1. The van der Waals surface area contributed by atoms with Gasteiger partial charge in [-0.1, -0.05) is 18.2 Å². The van der Waals surface area contributed by atoms with Gasteiger partial charge in [-0.3, -0.25) is 4.79 Å². The van der Waals surface area contributed by atoms with E-state index in [1.165, 1.54) is 43.2 Å². The minimum atomic E-state index is -1.14. The van der Waals surface area contributed by atoms with Gasteiger partial charge >= 0.3 is 5.97 Å². The molecule has 0 bridgehead atoms. The van der Waals surface area contributed by atoms with Crippen LogP contribution in [0.2, 0.25) is 0 Å². The zero-order chi connectivity index (χ0) is 32.3. The highest BCUT2D eigenvalue weighted by atomic mass is 32.2. The van der Waals surface area contributed by atoms with Crippen LogP contribution in [0.15, 0.2) is 59.8 Å². The number of aromatic amines is 2. The number of imidazole rings is 1. The zero-order valence-electron chi connectivity index (χ0n) is 25.2. The first-order chi connectivity index (χ1) is 21.7. The van der Waals surface area contributed by atoms with Crippen molar-refractivity contribution in [3.63, 3.8) is 0 Å². The van der Waals surface area contributed by atoms with Crippen molar-refractivity contribution in [1.29, 1.82) is 0 Å². The first-order valence-corrected chi connectivity index (χ1v) is 15.5. The molecule has 3 aromatic carbocycles. The quantitative estimate of drug-likeness (QED) is 0.121. The molecule has 8 nitrogen and oxygen atoms in total. The number of nitrogens with zero attached hydrogens (tertiary/aromatic N) is 1. The van der Waals surface area contributed by atoms with E-state index < -0.39 is 22.9 Å². The molecule has 1 aliphatic heterocycles. The molecule has 0 saturated heterocycles. The molecule has 6 rings (SSSR count). The summed E-state index contributed by atoms with van der Waals surface area (Å²) in [5.74, 6) is -2.40. The normalized spacial score (nSPS) is 15.6. The van der Waals surface area contributed by atoms with Crippen LogP contribution in [0.25, 0.3) is 22.3 Å². The Labute approximate surface area is 262 Å². The Balaban J connectivity index is 0.00000196. The van der Waals surface area contributed by atoms with Gasteiger partial charge in [-0.15, -0.1) is 11.8 Å². The molecular weight excluding hydrogens is 605 g/mol. The Morgan fingerprint density at radius 3 is 2.71 bits per heavy atom. The van der Waals surface area contributed by atoms with Crippen LogP contribution in [0.5, 0.6) is 17.2 Å². The van der Waals surface area contributed by atoms with E-state index in [4.69, 9.17) is 14.2 Å². The Morgan fingerprint density at radius 1 is 1.16 bits per heavy atom. The Hall–Kier alpha value is -4.42. The van der Waals surface area contributed by atoms with Crippen LogP contribution in [-0.4, -0.2) is 47.4 Å². The lowest BCUT2D eigenvalue weighted by atomic mass is 9.74. The second-order valence-electron chi connectivity index (χ2n) is 10.4. The van der Waals surface area contributed by atoms with Gasteiger partial charge in [-0.25, -0.2) is 13.8 Å². The second-order valence-corrected chi connectivity index (χ2v) is 11.2. The number of esters is 1. The summed E-state index contributed by atoms with van der Waals surface area (Å²) < 4.78 is 62.0. The van der Waals surface area contributed by atoms with Crippen molar-refractivity contribution >= 4 is 28.6 Å². The summed E-state index contributed by atoms with van der Waals surface area (Å²) in [5.41, 5.74) is 6.40. The number of fused-ring (bicyclic) bond motifs is 2. The maximum atomic E-state index is 15.2. The molecule has 4 N–H and O–H groups in total. The fraction of sp³-hybridized carbons (Fsp3) is 0.273. The van der Waals surface area contributed by atoms with Gasteiger partial charge in [0, 0.05) is 40.0 Å². The van der Waals surface area contributed by atoms with E-state index >= 15 is 8.78 Å². The van der Waals surface area contributed by atoms with Crippen molar-refractivity contribution in [1.82, 2.24) is 15.0 Å². The van der Waals surface area contributed by atoms with Gasteiger partial charge in [-0.05, 0) is 57.8 Å². The highest BCUT2D eigenvalue weighted by Crippen LogP contribution is 2.46. The Kier molecular flexibility index (Phi) is 9.45. The number of H-pyrrole nitrogens is 2. The molecule has 12 heteroatoms. The van der Waals surface area contributed by atoms with Crippen molar-refractivity contribution in [3.05, 3.63) is 89.1 Å². The van der Waals surface area contributed by atoms with Crippen molar-refractivity contribution in [2.24, 2.45) is 5.73 Å². The van der Waals surface area contributed by atoms with E-state index in [9.17, 15) is 9.18 Å². The number of ether oxygens (including phenoxy) is 3. The summed E-state index contributed by atoms with van der Waals surface area (Å²) in [6.45, 7) is 4.49. The highest BCUT2D eigenvalue weighted by Gasteiger charge is 2.38. The topological polar surface area (TPSA) is 115 Å². The molecular formula is C33H33F3N4O4S. The van der Waals surface area contributed by atoms with E-state index in [0.29, 0.717) is 35.7 Å². The van der Waals surface area contributed by atoms with Crippen LogP contribution in [0.3, 0.4) is 0 Å². The van der Waals surface area contributed by atoms with Crippen molar-refractivity contribution in [3.8, 4) is 28.6 Å². The molecule has 0 spiro atoms. The number of rotatable bonds is 8. The zero-order valence-corrected chi connectivity index (χ0v) is 26.0. The number of thioether (sulfide) groups is 1. The minimum absolute atomic E-state index is 0.0494. The summed E-state index contributed by atoms with van der Waals surface area (Å²) in [6, 6.07) is 11.2. The van der Waals surface area contributed by atoms with E-state index in [1.54, 1.807) is 25.4 Å². The van der Waals surface area contributed by atoms with Crippen molar-refractivity contribution < 1.29 is 32.2 Å². The van der Waals surface area contributed by atoms with E-state index in [-0.39, 0.29) is 40.8 Å². The molecule has 1 aliphatic rings. The second kappa shape index (κ2) is 13.3. The number of aromatic nitrogens is 3. The average molecular weight is 639 g/mol. The fourth-order valence-electron chi connectivity index (χ4n) is 5.54. The van der Waals surface area contributed by atoms with Crippen LogP contribution in [0.4, 0.5) is 13.2 Å². The maximum Gasteiger partial charge on any atom is 0.310 e. The highest BCUT2D eigenvalue weighted by molar-refractivity contribution is 7.99. The third kappa shape index (κ3) is 5.87. The molecule has 1 atom stereocenters. The lowest BCUT2D eigenvalue weighted by Gasteiger charge is -2.36. The van der Waals surface area contributed by atoms with Crippen LogP contribution in [-0.2, 0) is 21.4 Å². The number of carbonyl (C=O) groups is 1. The number of para-hydroxylation sites is 1. The molecule has 236 valence electrons. The molecule has 45 heavy (non-hydrogen) atoms. The van der Waals surface area contributed by atoms with Gasteiger partial charge in [0.05, 0.1) is 35.6 Å². The molecule has 0 fully saturated rings. The van der Waals surface area contributed by atoms with Gasteiger partial charge in [-0.2, -0.15) is 4.39 Å². The standard InChI is InChI=1S/C32H28F3N3O4S.CH5N/c1-4-40-24(39)14-17-6-5-7-21-28(17)41-13-11-32(21,2)23-16-37-31(38-23)20-15-18(8-9-22(20)33)42-29-26(35)25(34)27-19(10-12-36-27)30(29)43-3;1-2/h5-10,12,15-16,36H,4,11,13-14H2,1-3H3,(H,37,38);2H2,1H3. The summed E-state index contributed by atoms with van der Waals surface area (Å²) in [7, 11) is 1.50. The first kappa shape index (κ1) is 32.0. The molecule has 0 aliphatic carbocycles. The lowest BCUT2D eigenvalue weighted by Crippen LogP contribution is -2.32. The van der Waals surface area contributed by atoms with Gasteiger partial charge in [0.1, 0.15) is 23.1 Å². The van der Waals surface area contributed by atoms with E-state index in [2.05, 4.69) is 20.7 Å². The van der Waals surface area contributed by atoms with Crippen LogP contribution in [0, 0.1) is 17.5 Å². The third-order valence-corrected chi connectivity index (χ3v) is 8.59. The van der Waals surface area contributed by atoms with E-state index in [0.717, 1.165) is 16.8 Å².